The zero-order chi connectivity index (χ0) is 15.1. The molecule has 1 N–H and O–H groups in total. The Morgan fingerprint density at radius 2 is 2.05 bits per heavy atom. The quantitative estimate of drug-likeness (QED) is 0.873. The first-order chi connectivity index (χ1) is 10.1. The van der Waals surface area contributed by atoms with Crippen molar-refractivity contribution in [1.82, 2.24) is 9.80 Å². The van der Waals surface area contributed by atoms with Crippen LogP contribution in [-0.4, -0.2) is 53.0 Å². The van der Waals surface area contributed by atoms with Gasteiger partial charge >= 0.3 is 5.97 Å². The van der Waals surface area contributed by atoms with Crippen LogP contribution in [-0.2, 0) is 16.1 Å². The Morgan fingerprint density at radius 3 is 2.76 bits per heavy atom. The van der Waals surface area contributed by atoms with E-state index in [0.29, 0.717) is 12.8 Å². The maximum Gasteiger partial charge on any atom is 0.303 e. The molecular formula is C15H22N2O3S. The number of carbonyl (C=O) groups excluding carboxylic acids is 1. The Bertz CT molecular complexity index is 461. The number of thiophene rings is 1. The van der Waals surface area contributed by atoms with Gasteiger partial charge in [0.15, 0.2) is 0 Å². The van der Waals surface area contributed by atoms with Crippen LogP contribution in [0.5, 0.6) is 0 Å². The summed E-state index contributed by atoms with van der Waals surface area (Å²) < 4.78 is 0. The van der Waals surface area contributed by atoms with Gasteiger partial charge in [0.25, 0.3) is 0 Å². The summed E-state index contributed by atoms with van der Waals surface area (Å²) in [6, 6.07) is 4.21. The smallest absolute Gasteiger partial charge is 0.303 e. The molecule has 1 saturated heterocycles. The van der Waals surface area contributed by atoms with E-state index in [-0.39, 0.29) is 12.3 Å². The van der Waals surface area contributed by atoms with E-state index in [1.807, 2.05) is 4.90 Å². The maximum absolute atomic E-state index is 12.1. The van der Waals surface area contributed by atoms with Gasteiger partial charge in [-0.05, 0) is 24.3 Å². The van der Waals surface area contributed by atoms with Gasteiger partial charge in [0.1, 0.15) is 0 Å². The van der Waals surface area contributed by atoms with Crippen molar-refractivity contribution in [2.45, 2.75) is 32.2 Å². The third-order valence-electron chi connectivity index (χ3n) is 3.68. The average Bonchev–Trinajstić information content (AvgIpc) is 2.83. The van der Waals surface area contributed by atoms with E-state index in [0.717, 1.165) is 39.1 Å². The molecule has 0 aliphatic carbocycles. The van der Waals surface area contributed by atoms with Gasteiger partial charge in [-0.15, -0.1) is 11.3 Å². The summed E-state index contributed by atoms with van der Waals surface area (Å²) in [6.07, 6.45) is 1.83. The molecule has 116 valence electrons. The molecule has 1 fully saturated rings. The summed E-state index contributed by atoms with van der Waals surface area (Å²) in [5, 5.41) is 10.7. The van der Waals surface area contributed by atoms with Gasteiger partial charge in [-0.25, -0.2) is 0 Å². The Balaban J connectivity index is 1.74. The standard InChI is InChI=1S/C15H22N2O3S/c18-14(5-1-6-15(19)20)17-8-3-7-16(9-10-17)12-13-4-2-11-21-13/h2,4,11H,1,3,5-10,12H2,(H,19,20). The van der Waals surface area contributed by atoms with Crippen molar-refractivity contribution >= 4 is 23.2 Å². The van der Waals surface area contributed by atoms with Crippen LogP contribution in [0.25, 0.3) is 0 Å². The van der Waals surface area contributed by atoms with Crippen LogP contribution in [0.4, 0.5) is 0 Å². The van der Waals surface area contributed by atoms with Crippen LogP contribution >= 0.6 is 11.3 Å². The first kappa shape index (κ1) is 16.0. The molecule has 0 spiro atoms. The summed E-state index contributed by atoms with van der Waals surface area (Å²) >= 11 is 1.77. The van der Waals surface area contributed by atoms with E-state index in [1.165, 1.54) is 4.88 Å². The predicted molar refractivity (Wildman–Crippen MR) is 82.3 cm³/mol. The molecule has 0 aromatic carbocycles. The van der Waals surface area contributed by atoms with Crippen molar-refractivity contribution in [3.05, 3.63) is 22.4 Å². The molecule has 0 atom stereocenters. The van der Waals surface area contributed by atoms with Crippen LogP contribution in [0.15, 0.2) is 17.5 Å². The Kier molecular flexibility index (Phi) is 6.20. The lowest BCUT2D eigenvalue weighted by atomic mass is 10.2. The van der Waals surface area contributed by atoms with Crippen LogP contribution in [0.3, 0.4) is 0 Å². The fourth-order valence-corrected chi connectivity index (χ4v) is 3.30. The number of hydrogen-bond acceptors (Lipinski definition) is 4. The molecule has 1 amide bonds. The van der Waals surface area contributed by atoms with E-state index < -0.39 is 5.97 Å². The highest BCUT2D eigenvalue weighted by molar-refractivity contribution is 7.09. The lowest BCUT2D eigenvalue weighted by molar-refractivity contribution is -0.137. The molecule has 0 radical (unpaired) electrons. The molecule has 0 saturated carbocycles. The number of nitrogens with zero attached hydrogens (tertiary/aromatic N) is 2. The molecule has 1 aromatic heterocycles. The van der Waals surface area contributed by atoms with E-state index >= 15 is 0 Å². The molecule has 6 heteroatoms. The molecule has 1 aliphatic heterocycles. The van der Waals surface area contributed by atoms with Crippen molar-refractivity contribution in [3.63, 3.8) is 0 Å². The molecule has 2 rings (SSSR count). The van der Waals surface area contributed by atoms with E-state index in [4.69, 9.17) is 5.11 Å². The second-order valence-corrected chi connectivity index (χ2v) is 6.37. The highest BCUT2D eigenvalue weighted by Crippen LogP contribution is 2.14. The lowest BCUT2D eigenvalue weighted by Crippen LogP contribution is -2.34. The summed E-state index contributed by atoms with van der Waals surface area (Å²) in [6.45, 7) is 4.39. The van der Waals surface area contributed by atoms with Gasteiger partial charge in [-0.3, -0.25) is 14.5 Å². The first-order valence-corrected chi connectivity index (χ1v) is 8.27. The number of amides is 1. The monoisotopic (exact) mass is 310 g/mol. The number of carbonyl (C=O) groups is 2. The molecule has 1 aliphatic rings. The summed E-state index contributed by atoms with van der Waals surface area (Å²) in [4.78, 5) is 28.2. The fraction of sp³-hybridized carbons (Fsp3) is 0.600. The lowest BCUT2D eigenvalue weighted by Gasteiger charge is -2.21. The number of carboxylic acids is 1. The van der Waals surface area contributed by atoms with Gasteiger partial charge in [0, 0.05) is 50.4 Å². The summed E-state index contributed by atoms with van der Waals surface area (Å²) in [7, 11) is 0. The molecule has 2 heterocycles. The largest absolute Gasteiger partial charge is 0.481 e. The summed E-state index contributed by atoms with van der Waals surface area (Å²) in [5.41, 5.74) is 0. The van der Waals surface area contributed by atoms with Crippen LogP contribution < -0.4 is 0 Å². The van der Waals surface area contributed by atoms with Gasteiger partial charge in [-0.1, -0.05) is 6.07 Å². The number of aliphatic carboxylic acids is 1. The normalized spacial score (nSPS) is 16.7. The first-order valence-electron chi connectivity index (χ1n) is 7.39. The van der Waals surface area contributed by atoms with E-state index in [1.54, 1.807) is 11.3 Å². The third kappa shape index (κ3) is 5.47. The Labute approximate surface area is 129 Å². The zero-order valence-electron chi connectivity index (χ0n) is 12.2. The highest BCUT2D eigenvalue weighted by Gasteiger charge is 2.19. The second-order valence-electron chi connectivity index (χ2n) is 5.34. The van der Waals surface area contributed by atoms with Gasteiger partial charge in [-0.2, -0.15) is 0 Å². The Hall–Kier alpha value is -1.40. The van der Waals surface area contributed by atoms with Crippen molar-refractivity contribution in [1.29, 1.82) is 0 Å². The van der Waals surface area contributed by atoms with E-state index in [2.05, 4.69) is 22.4 Å². The van der Waals surface area contributed by atoms with Crippen LogP contribution in [0.2, 0.25) is 0 Å². The topological polar surface area (TPSA) is 60.9 Å². The van der Waals surface area contributed by atoms with Gasteiger partial charge < -0.3 is 10.0 Å². The second kappa shape index (κ2) is 8.14. The SMILES string of the molecule is O=C(O)CCCC(=O)N1CCCN(Cc2cccs2)CC1. The highest BCUT2D eigenvalue weighted by atomic mass is 32.1. The molecule has 1 aromatic rings. The Morgan fingerprint density at radius 1 is 1.19 bits per heavy atom. The number of carboxylic acid groups (broad SMARTS) is 1. The molecule has 0 unspecified atom stereocenters. The minimum Gasteiger partial charge on any atom is -0.481 e. The fourth-order valence-electron chi connectivity index (χ4n) is 2.55. The van der Waals surface area contributed by atoms with Crippen molar-refractivity contribution < 1.29 is 14.7 Å². The predicted octanol–water partition coefficient (Wildman–Crippen LogP) is 2.04. The molecule has 21 heavy (non-hydrogen) atoms. The zero-order valence-corrected chi connectivity index (χ0v) is 13.0. The summed E-state index contributed by atoms with van der Waals surface area (Å²) in [5.74, 6) is -0.741. The average molecular weight is 310 g/mol. The van der Waals surface area contributed by atoms with E-state index in [9.17, 15) is 9.59 Å². The third-order valence-corrected chi connectivity index (χ3v) is 4.54. The van der Waals surface area contributed by atoms with Crippen LogP contribution in [0, 0.1) is 0 Å². The van der Waals surface area contributed by atoms with Crippen molar-refractivity contribution in [2.75, 3.05) is 26.2 Å². The maximum atomic E-state index is 12.1. The van der Waals surface area contributed by atoms with Crippen molar-refractivity contribution in [3.8, 4) is 0 Å². The molecular weight excluding hydrogens is 288 g/mol. The van der Waals surface area contributed by atoms with Crippen LogP contribution in [0.1, 0.15) is 30.6 Å². The minimum absolute atomic E-state index is 0.0735. The number of hydrogen-bond donors (Lipinski definition) is 1. The number of rotatable bonds is 6. The minimum atomic E-state index is -0.833. The molecule has 5 nitrogen and oxygen atoms in total. The molecule has 0 bridgehead atoms. The van der Waals surface area contributed by atoms with Gasteiger partial charge in [0.2, 0.25) is 5.91 Å². The van der Waals surface area contributed by atoms with Crippen molar-refractivity contribution in [2.24, 2.45) is 0 Å². The van der Waals surface area contributed by atoms with Gasteiger partial charge in [0.05, 0.1) is 0 Å².